The lowest BCUT2D eigenvalue weighted by Gasteiger charge is -2.24. The first-order valence-electron chi connectivity index (χ1n) is 7.06. The van der Waals surface area contributed by atoms with Crippen LogP contribution < -0.4 is 5.32 Å². The van der Waals surface area contributed by atoms with Gasteiger partial charge >= 0.3 is 0 Å². The highest BCUT2D eigenvalue weighted by Crippen LogP contribution is 2.21. The molecule has 0 heterocycles. The highest BCUT2D eigenvalue weighted by atomic mass is 15.1. The van der Waals surface area contributed by atoms with E-state index >= 15 is 0 Å². The average Bonchev–Trinajstić information content (AvgIpc) is 2.14. The van der Waals surface area contributed by atoms with Crippen molar-refractivity contribution >= 4 is 0 Å². The van der Waals surface area contributed by atoms with Crippen molar-refractivity contribution < 1.29 is 0 Å². The van der Waals surface area contributed by atoms with Crippen molar-refractivity contribution in [2.45, 2.75) is 57.9 Å². The molecule has 1 unspecified atom stereocenters. The highest BCUT2D eigenvalue weighted by Gasteiger charge is 2.12. The molecule has 16 heavy (non-hydrogen) atoms. The molecule has 1 saturated carbocycles. The van der Waals surface area contributed by atoms with E-state index in [0.717, 1.165) is 12.5 Å². The normalized spacial score (nSPS) is 21.8. The summed E-state index contributed by atoms with van der Waals surface area (Å²) in [5, 5.41) is 3.69. The Labute approximate surface area is 102 Å². The van der Waals surface area contributed by atoms with Gasteiger partial charge in [-0.1, -0.05) is 32.1 Å². The summed E-state index contributed by atoms with van der Waals surface area (Å²) in [6, 6.07) is 0.625. The molecule has 0 aliphatic heterocycles. The Morgan fingerprint density at radius 2 is 1.62 bits per heavy atom. The number of likely N-dealkylation sites (N-methyl/N-ethyl adjacent to an activating group) is 1. The van der Waals surface area contributed by atoms with Crippen LogP contribution in [0.25, 0.3) is 0 Å². The van der Waals surface area contributed by atoms with Crippen molar-refractivity contribution in [3.63, 3.8) is 0 Å². The Morgan fingerprint density at radius 1 is 1.06 bits per heavy atom. The van der Waals surface area contributed by atoms with Crippen molar-refractivity contribution in [3.8, 4) is 0 Å². The van der Waals surface area contributed by atoms with E-state index in [-0.39, 0.29) is 0 Å². The fourth-order valence-electron chi connectivity index (χ4n) is 2.72. The third kappa shape index (κ3) is 6.49. The van der Waals surface area contributed by atoms with Gasteiger partial charge in [-0.15, -0.1) is 0 Å². The van der Waals surface area contributed by atoms with Gasteiger partial charge in [0.2, 0.25) is 0 Å². The lowest BCUT2D eigenvalue weighted by atomic mass is 9.91. The monoisotopic (exact) mass is 226 g/mol. The molecule has 1 N–H and O–H groups in total. The molecule has 0 radical (unpaired) electrons. The smallest absolute Gasteiger partial charge is 0.0166 e. The van der Waals surface area contributed by atoms with E-state index in [9.17, 15) is 0 Å². The van der Waals surface area contributed by atoms with Gasteiger partial charge in [0.1, 0.15) is 0 Å². The standard InChI is InChI=1S/C14H30N2/c1-13(12-16(2)3)15-11-14-9-7-5-4-6-8-10-14/h13-15H,4-12H2,1-3H3. The van der Waals surface area contributed by atoms with Crippen LogP contribution in [0.15, 0.2) is 0 Å². The quantitative estimate of drug-likeness (QED) is 0.775. The van der Waals surface area contributed by atoms with Crippen LogP contribution in [-0.4, -0.2) is 38.1 Å². The van der Waals surface area contributed by atoms with Crippen molar-refractivity contribution in [3.05, 3.63) is 0 Å². The molecule has 0 spiro atoms. The molecule has 0 aromatic carbocycles. The Morgan fingerprint density at radius 3 is 2.19 bits per heavy atom. The zero-order valence-corrected chi connectivity index (χ0v) is 11.5. The molecular weight excluding hydrogens is 196 g/mol. The van der Waals surface area contributed by atoms with E-state index in [4.69, 9.17) is 0 Å². The molecule has 1 aliphatic carbocycles. The summed E-state index contributed by atoms with van der Waals surface area (Å²) in [5.41, 5.74) is 0. The van der Waals surface area contributed by atoms with Gasteiger partial charge in [-0.2, -0.15) is 0 Å². The number of hydrogen-bond donors (Lipinski definition) is 1. The molecule has 1 rings (SSSR count). The number of rotatable bonds is 5. The van der Waals surface area contributed by atoms with Crippen LogP contribution in [0.5, 0.6) is 0 Å². The second-order valence-corrected chi connectivity index (χ2v) is 5.78. The largest absolute Gasteiger partial charge is 0.313 e. The molecule has 1 atom stereocenters. The van der Waals surface area contributed by atoms with Crippen molar-refractivity contribution in [2.24, 2.45) is 5.92 Å². The van der Waals surface area contributed by atoms with E-state index in [1.165, 1.54) is 51.5 Å². The number of hydrogen-bond acceptors (Lipinski definition) is 2. The van der Waals surface area contributed by atoms with Crippen molar-refractivity contribution in [1.82, 2.24) is 10.2 Å². The van der Waals surface area contributed by atoms with E-state index in [1.54, 1.807) is 0 Å². The predicted octanol–water partition coefficient (Wildman–Crippen LogP) is 2.89. The molecular formula is C14H30N2. The van der Waals surface area contributed by atoms with Gasteiger partial charge < -0.3 is 10.2 Å². The zero-order valence-electron chi connectivity index (χ0n) is 11.5. The maximum atomic E-state index is 3.69. The summed E-state index contributed by atoms with van der Waals surface area (Å²) in [7, 11) is 4.29. The summed E-state index contributed by atoms with van der Waals surface area (Å²) < 4.78 is 0. The molecule has 2 heteroatoms. The fraction of sp³-hybridized carbons (Fsp3) is 1.00. The molecule has 0 saturated heterocycles. The van der Waals surface area contributed by atoms with E-state index in [1.807, 2.05) is 0 Å². The molecule has 0 aromatic heterocycles. The Hall–Kier alpha value is -0.0800. The van der Waals surface area contributed by atoms with E-state index < -0.39 is 0 Å². The average molecular weight is 226 g/mol. The molecule has 2 nitrogen and oxygen atoms in total. The van der Waals surface area contributed by atoms with Crippen molar-refractivity contribution in [1.29, 1.82) is 0 Å². The Kier molecular flexibility index (Phi) is 7.06. The van der Waals surface area contributed by atoms with E-state index in [2.05, 4.69) is 31.2 Å². The number of nitrogens with zero attached hydrogens (tertiary/aromatic N) is 1. The minimum atomic E-state index is 0.625. The minimum Gasteiger partial charge on any atom is -0.313 e. The highest BCUT2D eigenvalue weighted by molar-refractivity contribution is 4.70. The van der Waals surface area contributed by atoms with Crippen LogP contribution >= 0.6 is 0 Å². The van der Waals surface area contributed by atoms with Gasteiger partial charge in [0, 0.05) is 12.6 Å². The third-order valence-corrected chi connectivity index (χ3v) is 3.62. The van der Waals surface area contributed by atoms with Gasteiger partial charge in [-0.05, 0) is 46.3 Å². The first-order chi connectivity index (χ1) is 7.68. The minimum absolute atomic E-state index is 0.625. The van der Waals surface area contributed by atoms with Gasteiger partial charge in [0.25, 0.3) is 0 Å². The summed E-state index contributed by atoms with van der Waals surface area (Å²) >= 11 is 0. The molecule has 1 fully saturated rings. The third-order valence-electron chi connectivity index (χ3n) is 3.62. The summed E-state index contributed by atoms with van der Waals surface area (Å²) in [6.07, 6.45) is 10.2. The van der Waals surface area contributed by atoms with Gasteiger partial charge in [0.15, 0.2) is 0 Å². The van der Waals surface area contributed by atoms with Crippen molar-refractivity contribution in [2.75, 3.05) is 27.2 Å². The molecule has 96 valence electrons. The predicted molar refractivity (Wildman–Crippen MR) is 71.8 cm³/mol. The number of nitrogens with one attached hydrogen (secondary N) is 1. The van der Waals surface area contributed by atoms with Gasteiger partial charge in [-0.3, -0.25) is 0 Å². The molecule has 0 bridgehead atoms. The fourth-order valence-corrected chi connectivity index (χ4v) is 2.72. The van der Waals surface area contributed by atoms with Crippen LogP contribution in [0, 0.1) is 5.92 Å². The summed E-state index contributed by atoms with van der Waals surface area (Å²) in [5.74, 6) is 0.935. The zero-order chi connectivity index (χ0) is 11.8. The molecule has 0 amide bonds. The molecule has 1 aliphatic rings. The second kappa shape index (κ2) is 8.08. The lowest BCUT2D eigenvalue weighted by Crippen LogP contribution is -2.38. The van der Waals surface area contributed by atoms with Crippen LogP contribution in [0.4, 0.5) is 0 Å². The van der Waals surface area contributed by atoms with Crippen LogP contribution in [0.1, 0.15) is 51.9 Å². The first-order valence-corrected chi connectivity index (χ1v) is 7.06. The molecule has 0 aromatic rings. The first kappa shape index (κ1) is 14.0. The summed E-state index contributed by atoms with van der Waals surface area (Å²) in [4.78, 5) is 2.26. The van der Waals surface area contributed by atoms with Crippen LogP contribution in [0.3, 0.4) is 0 Å². The van der Waals surface area contributed by atoms with Crippen LogP contribution in [-0.2, 0) is 0 Å². The van der Waals surface area contributed by atoms with Gasteiger partial charge in [-0.25, -0.2) is 0 Å². The second-order valence-electron chi connectivity index (χ2n) is 5.78. The maximum absolute atomic E-state index is 3.69. The Balaban J connectivity index is 2.14. The summed E-state index contributed by atoms with van der Waals surface area (Å²) in [6.45, 7) is 4.67. The topological polar surface area (TPSA) is 15.3 Å². The maximum Gasteiger partial charge on any atom is 0.0166 e. The van der Waals surface area contributed by atoms with E-state index in [0.29, 0.717) is 6.04 Å². The Bertz CT molecular complexity index is 160. The van der Waals surface area contributed by atoms with Gasteiger partial charge in [0.05, 0.1) is 0 Å². The van der Waals surface area contributed by atoms with Crippen LogP contribution in [0.2, 0.25) is 0 Å². The lowest BCUT2D eigenvalue weighted by molar-refractivity contribution is 0.311. The SMILES string of the molecule is CC(CN(C)C)NCC1CCCCCCC1.